The Morgan fingerprint density at radius 1 is 1.56 bits per heavy atom. The predicted octanol–water partition coefficient (Wildman–Crippen LogP) is 2.27. The van der Waals surface area contributed by atoms with Crippen LogP contribution in [0.1, 0.15) is 30.0 Å². The van der Waals surface area contributed by atoms with E-state index >= 15 is 0 Å². The van der Waals surface area contributed by atoms with Crippen LogP contribution in [-0.4, -0.2) is 18.8 Å². The summed E-state index contributed by atoms with van der Waals surface area (Å²) in [5, 5.41) is 13.3. The number of benzene rings is 1. The summed E-state index contributed by atoms with van der Waals surface area (Å²) in [4.78, 5) is 0. The topological polar surface area (TPSA) is 41.5 Å². The average Bonchev–Trinajstić information content (AvgIpc) is 2.70. The van der Waals surface area contributed by atoms with Crippen molar-refractivity contribution in [2.75, 3.05) is 13.7 Å². The first-order valence-electron chi connectivity index (χ1n) is 5.44. The summed E-state index contributed by atoms with van der Waals surface area (Å²) >= 11 is 0. The van der Waals surface area contributed by atoms with Gasteiger partial charge in [-0.25, -0.2) is 4.39 Å². The fourth-order valence-electron chi connectivity index (χ4n) is 2.32. The molecule has 88 valence electrons. The van der Waals surface area contributed by atoms with Gasteiger partial charge in [0, 0.05) is 11.6 Å². The lowest BCUT2D eigenvalue weighted by Crippen LogP contribution is -2.14. The molecule has 0 bridgehead atoms. The summed E-state index contributed by atoms with van der Waals surface area (Å²) in [6, 6.07) is 1.52. The second-order valence-corrected chi connectivity index (χ2v) is 4.12. The van der Waals surface area contributed by atoms with Crippen LogP contribution in [0.25, 0.3) is 0 Å². The number of aromatic hydroxyl groups is 1. The van der Waals surface area contributed by atoms with Crippen LogP contribution < -0.4 is 10.1 Å². The second-order valence-electron chi connectivity index (χ2n) is 4.12. The highest BCUT2D eigenvalue weighted by atomic mass is 19.1. The van der Waals surface area contributed by atoms with E-state index in [2.05, 4.69) is 5.32 Å². The normalized spacial score (nSPS) is 20.1. The van der Waals surface area contributed by atoms with Crippen LogP contribution in [0, 0.1) is 12.7 Å². The zero-order valence-corrected chi connectivity index (χ0v) is 9.51. The molecule has 0 saturated carbocycles. The number of nitrogens with one attached hydrogen (secondary N) is 1. The molecule has 16 heavy (non-hydrogen) atoms. The van der Waals surface area contributed by atoms with Gasteiger partial charge < -0.3 is 15.2 Å². The second kappa shape index (κ2) is 4.29. The van der Waals surface area contributed by atoms with Gasteiger partial charge in [0.05, 0.1) is 7.11 Å². The third-order valence-corrected chi connectivity index (χ3v) is 3.07. The monoisotopic (exact) mass is 225 g/mol. The molecular formula is C12H16FNO2. The van der Waals surface area contributed by atoms with E-state index in [1.165, 1.54) is 13.2 Å². The van der Waals surface area contributed by atoms with Crippen LogP contribution in [0.3, 0.4) is 0 Å². The molecule has 1 heterocycles. The molecule has 0 amide bonds. The van der Waals surface area contributed by atoms with Gasteiger partial charge in [0.15, 0.2) is 17.3 Å². The molecule has 1 saturated heterocycles. The standard InChI is InChI=1S/C12H16FNO2/c1-7-6-8(13)12(16-2)11(15)10(7)9-4-3-5-14-9/h6,9,14-15H,3-5H2,1-2H3. The Morgan fingerprint density at radius 2 is 2.31 bits per heavy atom. The Labute approximate surface area is 94.2 Å². The third kappa shape index (κ3) is 1.73. The van der Waals surface area contributed by atoms with E-state index in [9.17, 15) is 9.50 Å². The van der Waals surface area contributed by atoms with Gasteiger partial charge in [0.25, 0.3) is 0 Å². The molecule has 3 nitrogen and oxygen atoms in total. The van der Waals surface area contributed by atoms with Crippen molar-refractivity contribution < 1.29 is 14.2 Å². The number of aryl methyl sites for hydroxylation is 1. The first-order valence-corrected chi connectivity index (χ1v) is 5.44. The lowest BCUT2D eigenvalue weighted by molar-refractivity contribution is 0.345. The first-order chi connectivity index (χ1) is 7.65. The molecule has 2 N–H and O–H groups in total. The maximum atomic E-state index is 13.5. The minimum atomic E-state index is -0.515. The molecule has 1 aliphatic rings. The molecule has 0 spiro atoms. The summed E-state index contributed by atoms with van der Waals surface area (Å²) in [5.41, 5.74) is 1.52. The minimum absolute atomic E-state index is 0.0608. The van der Waals surface area contributed by atoms with E-state index in [0.29, 0.717) is 0 Å². The Balaban J connectivity index is 2.50. The minimum Gasteiger partial charge on any atom is -0.504 e. The van der Waals surface area contributed by atoms with Crippen LogP contribution in [0.15, 0.2) is 6.07 Å². The van der Waals surface area contributed by atoms with Gasteiger partial charge in [0.1, 0.15) is 0 Å². The molecule has 2 rings (SSSR count). The first kappa shape index (κ1) is 11.2. The highest BCUT2D eigenvalue weighted by Gasteiger charge is 2.25. The quantitative estimate of drug-likeness (QED) is 0.811. The van der Waals surface area contributed by atoms with E-state index < -0.39 is 5.82 Å². The number of hydrogen-bond donors (Lipinski definition) is 2. The van der Waals surface area contributed by atoms with Crippen LogP contribution in [-0.2, 0) is 0 Å². The number of phenols is 1. The van der Waals surface area contributed by atoms with Gasteiger partial charge in [-0.2, -0.15) is 0 Å². The fraction of sp³-hybridized carbons (Fsp3) is 0.500. The molecule has 1 aromatic rings. The smallest absolute Gasteiger partial charge is 0.196 e. The van der Waals surface area contributed by atoms with Crippen LogP contribution >= 0.6 is 0 Å². The summed E-state index contributed by atoms with van der Waals surface area (Å²) in [7, 11) is 1.36. The van der Waals surface area contributed by atoms with E-state index in [-0.39, 0.29) is 17.5 Å². The largest absolute Gasteiger partial charge is 0.504 e. The molecule has 1 atom stereocenters. The van der Waals surface area contributed by atoms with E-state index in [0.717, 1.165) is 30.5 Å². The van der Waals surface area contributed by atoms with Gasteiger partial charge >= 0.3 is 0 Å². The molecule has 4 heteroatoms. The van der Waals surface area contributed by atoms with Gasteiger partial charge in [-0.3, -0.25) is 0 Å². The predicted molar refractivity (Wildman–Crippen MR) is 59.3 cm³/mol. The van der Waals surface area contributed by atoms with Crippen molar-refractivity contribution in [2.45, 2.75) is 25.8 Å². The van der Waals surface area contributed by atoms with Crippen molar-refractivity contribution in [3.63, 3.8) is 0 Å². The van der Waals surface area contributed by atoms with Crippen LogP contribution in [0.4, 0.5) is 4.39 Å². The molecule has 0 radical (unpaired) electrons. The molecule has 0 aromatic heterocycles. The maximum absolute atomic E-state index is 13.5. The molecule has 1 aliphatic heterocycles. The Kier molecular flexibility index (Phi) is 3.01. The molecule has 1 aromatic carbocycles. The lowest BCUT2D eigenvalue weighted by Gasteiger charge is -2.18. The number of phenolic OH excluding ortho intramolecular Hbond substituents is 1. The highest BCUT2D eigenvalue weighted by molar-refractivity contribution is 5.52. The van der Waals surface area contributed by atoms with Crippen molar-refractivity contribution in [3.8, 4) is 11.5 Å². The van der Waals surface area contributed by atoms with Gasteiger partial charge in [-0.05, 0) is 37.9 Å². The maximum Gasteiger partial charge on any atom is 0.196 e. The molecule has 1 fully saturated rings. The molecule has 1 unspecified atom stereocenters. The van der Waals surface area contributed by atoms with Crippen molar-refractivity contribution in [3.05, 3.63) is 23.0 Å². The van der Waals surface area contributed by atoms with Gasteiger partial charge in [-0.15, -0.1) is 0 Å². The van der Waals surface area contributed by atoms with E-state index in [4.69, 9.17) is 4.74 Å². The summed E-state index contributed by atoms with van der Waals surface area (Å²) in [6.45, 7) is 2.74. The summed E-state index contributed by atoms with van der Waals surface area (Å²) in [5.74, 6) is -0.645. The summed E-state index contributed by atoms with van der Waals surface area (Å²) in [6.07, 6.45) is 2.03. The highest BCUT2D eigenvalue weighted by Crippen LogP contribution is 2.40. The number of methoxy groups -OCH3 is 1. The number of hydrogen-bond acceptors (Lipinski definition) is 3. The fourth-order valence-corrected chi connectivity index (χ4v) is 2.32. The zero-order valence-electron chi connectivity index (χ0n) is 9.51. The van der Waals surface area contributed by atoms with Gasteiger partial charge in [-0.1, -0.05) is 0 Å². The van der Waals surface area contributed by atoms with Crippen LogP contribution in [0.5, 0.6) is 11.5 Å². The van der Waals surface area contributed by atoms with Gasteiger partial charge in [0.2, 0.25) is 0 Å². The average molecular weight is 225 g/mol. The van der Waals surface area contributed by atoms with Crippen molar-refractivity contribution in [1.29, 1.82) is 0 Å². The number of halogens is 1. The van der Waals surface area contributed by atoms with E-state index in [1.807, 2.05) is 0 Å². The Morgan fingerprint density at radius 3 is 2.88 bits per heavy atom. The SMILES string of the molecule is COc1c(F)cc(C)c(C2CCCN2)c1O. The Hall–Kier alpha value is -1.29. The zero-order chi connectivity index (χ0) is 11.7. The number of rotatable bonds is 2. The molecule has 0 aliphatic carbocycles. The summed E-state index contributed by atoms with van der Waals surface area (Å²) < 4.78 is 18.4. The van der Waals surface area contributed by atoms with Crippen molar-refractivity contribution in [2.24, 2.45) is 0 Å². The third-order valence-electron chi connectivity index (χ3n) is 3.07. The van der Waals surface area contributed by atoms with Crippen molar-refractivity contribution in [1.82, 2.24) is 5.32 Å². The van der Waals surface area contributed by atoms with Crippen molar-refractivity contribution >= 4 is 0 Å². The number of ether oxygens (including phenoxy) is 1. The molecular weight excluding hydrogens is 209 g/mol. The Bertz CT molecular complexity index is 400. The van der Waals surface area contributed by atoms with Crippen LogP contribution in [0.2, 0.25) is 0 Å². The lowest BCUT2D eigenvalue weighted by atomic mass is 9.98. The van der Waals surface area contributed by atoms with E-state index in [1.54, 1.807) is 6.92 Å².